The fourth-order valence-electron chi connectivity index (χ4n) is 13.6. The van der Waals surface area contributed by atoms with Crippen LogP contribution in [0.5, 0.6) is 11.5 Å². The average Bonchev–Trinajstić information content (AvgIpc) is 4.20. The number of nitrogens with zero attached hydrogens (tertiary/aromatic N) is 4. The maximum absolute atomic E-state index is 6.87. The van der Waals surface area contributed by atoms with E-state index >= 15 is 0 Å². The molecular formula is C72H50N4O. The second-order valence-corrected chi connectivity index (χ2v) is 22.0. The zero-order valence-corrected chi connectivity index (χ0v) is 42.9. The van der Waals surface area contributed by atoms with Gasteiger partial charge in [0.2, 0.25) is 0 Å². The maximum atomic E-state index is 6.87. The van der Waals surface area contributed by atoms with Gasteiger partial charge in [0.25, 0.3) is 6.33 Å². The molecule has 0 unspecified atom stereocenters. The molecule has 77 heavy (non-hydrogen) atoms. The van der Waals surface area contributed by atoms with Crippen LogP contribution in [0.25, 0.3) is 83.4 Å². The van der Waals surface area contributed by atoms with Gasteiger partial charge in [-0.3, -0.25) is 13.7 Å². The Hall–Kier alpha value is -9.58. The number of para-hydroxylation sites is 3. The van der Waals surface area contributed by atoms with Crippen LogP contribution in [0.1, 0.15) is 71.2 Å². The van der Waals surface area contributed by atoms with Gasteiger partial charge in [-0.15, -0.1) is 0 Å². The molecule has 2 bridgehead atoms. The van der Waals surface area contributed by atoms with Gasteiger partial charge in [0.15, 0.2) is 0 Å². The van der Waals surface area contributed by atoms with Gasteiger partial charge in [0, 0.05) is 29.0 Å². The Labute approximate surface area is 447 Å². The molecule has 5 heteroatoms. The van der Waals surface area contributed by atoms with Crippen molar-refractivity contribution in [2.75, 3.05) is 0 Å². The lowest BCUT2D eigenvalue weighted by atomic mass is 9.51. The average molecular weight is 987 g/mol. The van der Waals surface area contributed by atoms with Crippen molar-refractivity contribution < 1.29 is 9.30 Å². The van der Waals surface area contributed by atoms with Crippen molar-refractivity contribution in [3.05, 3.63) is 294 Å². The first-order chi connectivity index (χ1) is 37.8. The Balaban J connectivity index is 0.872. The van der Waals surface area contributed by atoms with E-state index in [1.807, 2.05) is 12.3 Å². The second-order valence-electron chi connectivity index (χ2n) is 22.0. The third kappa shape index (κ3) is 6.23. The van der Waals surface area contributed by atoms with Crippen molar-refractivity contribution in [2.45, 2.75) is 37.5 Å². The number of rotatable bonds is 5. The zero-order valence-electron chi connectivity index (χ0n) is 42.9. The third-order valence-electron chi connectivity index (χ3n) is 16.9. The highest BCUT2D eigenvalue weighted by atomic mass is 16.5. The minimum atomic E-state index is -0.519. The van der Waals surface area contributed by atoms with E-state index in [1.165, 1.54) is 72.1 Å². The van der Waals surface area contributed by atoms with Crippen LogP contribution < -0.4 is 9.30 Å². The van der Waals surface area contributed by atoms with E-state index < -0.39 is 5.41 Å². The summed E-state index contributed by atoms with van der Waals surface area (Å²) in [5.41, 5.74) is 23.5. The summed E-state index contributed by atoms with van der Waals surface area (Å²) >= 11 is 0. The van der Waals surface area contributed by atoms with Gasteiger partial charge >= 0.3 is 0 Å². The normalized spacial score (nSPS) is 15.6. The van der Waals surface area contributed by atoms with Gasteiger partial charge in [-0.2, -0.15) is 0 Å². The number of hydrogen-bond donors (Lipinski definition) is 0. The largest absolute Gasteiger partial charge is 0.458 e. The molecule has 0 fully saturated rings. The highest BCUT2D eigenvalue weighted by Gasteiger charge is 2.52. The standard InChI is InChI=1S/C72H50N4O/c1-71(2,3)45-38-39-73-68(41-45)76-65-32-15-10-23-54(65)55-37-35-49(43-67(55)76)77-48-19-16-18-47(42-48)74-44-75-64-31-14-9-22-53(64)50-20-4-5-21-51(50)60-40-46(34-36-52(60)56-27-17-33-66(74)70(56)75)72-61-28-11-6-24-57(61)69(58-25-7-12-29-62(58)72)59-26-8-13-30-63(59)72/h4-43,69H,1-3H3. The van der Waals surface area contributed by atoms with Gasteiger partial charge in [-0.05, 0) is 144 Å². The molecule has 4 aliphatic rings. The predicted octanol–water partition coefficient (Wildman–Crippen LogP) is 16.8. The first-order valence-electron chi connectivity index (χ1n) is 26.7. The molecule has 0 spiro atoms. The fraction of sp³-hybridized carbons (Fsp3) is 0.0833. The number of pyridine rings is 1. The van der Waals surface area contributed by atoms with Crippen LogP contribution in [0.3, 0.4) is 0 Å². The predicted molar refractivity (Wildman–Crippen MR) is 310 cm³/mol. The second kappa shape index (κ2) is 16.2. The quantitative estimate of drug-likeness (QED) is 0.127. The molecule has 0 saturated carbocycles. The maximum Gasteiger partial charge on any atom is 0.269 e. The summed E-state index contributed by atoms with van der Waals surface area (Å²) in [5, 5.41) is 2.32. The molecule has 13 aromatic rings. The highest BCUT2D eigenvalue weighted by molar-refractivity contribution is 6.09. The molecule has 0 saturated heterocycles. The van der Waals surface area contributed by atoms with Gasteiger partial charge in [0.05, 0.1) is 38.9 Å². The fourth-order valence-corrected chi connectivity index (χ4v) is 13.6. The van der Waals surface area contributed by atoms with E-state index in [-0.39, 0.29) is 11.3 Å². The minimum Gasteiger partial charge on any atom is -0.458 e. The van der Waals surface area contributed by atoms with Crippen molar-refractivity contribution in [3.63, 3.8) is 0 Å². The lowest BCUT2D eigenvalue weighted by Crippen LogP contribution is -2.43. The van der Waals surface area contributed by atoms with Gasteiger partial charge in [-0.25, -0.2) is 4.98 Å². The summed E-state index contributed by atoms with van der Waals surface area (Å²) in [6.45, 7) is 6.73. The zero-order chi connectivity index (χ0) is 51.1. The summed E-state index contributed by atoms with van der Waals surface area (Å²) in [4.78, 5) is 4.92. The van der Waals surface area contributed by atoms with Crippen LogP contribution in [0.4, 0.5) is 0 Å². The van der Waals surface area contributed by atoms with Gasteiger partial charge in [-0.1, -0.05) is 191 Å². The van der Waals surface area contributed by atoms with Crippen LogP contribution in [-0.4, -0.2) is 14.1 Å². The van der Waals surface area contributed by atoms with Crippen LogP contribution in [0, 0.1) is 6.33 Å². The molecule has 3 aliphatic carbocycles. The highest BCUT2D eigenvalue weighted by Crippen LogP contribution is 2.62. The smallest absolute Gasteiger partial charge is 0.269 e. The summed E-state index contributed by atoms with van der Waals surface area (Å²) in [6, 6.07) is 87.1. The first kappa shape index (κ1) is 43.8. The molecular weight excluding hydrogens is 937 g/mol. The van der Waals surface area contributed by atoms with Crippen LogP contribution in [-0.2, 0) is 10.8 Å². The number of hydrogen-bond acceptors (Lipinski definition) is 2. The van der Waals surface area contributed by atoms with Crippen LogP contribution in [0.2, 0.25) is 0 Å². The first-order valence-corrected chi connectivity index (χ1v) is 26.7. The Kier molecular flexibility index (Phi) is 9.22. The van der Waals surface area contributed by atoms with E-state index in [0.717, 1.165) is 67.3 Å². The Bertz CT molecular complexity index is 4510. The van der Waals surface area contributed by atoms with Crippen molar-refractivity contribution in [1.29, 1.82) is 0 Å². The lowest BCUT2D eigenvalue weighted by molar-refractivity contribution is -0.571. The molecule has 5 nitrogen and oxygen atoms in total. The molecule has 0 amide bonds. The molecule has 17 rings (SSSR count). The molecule has 1 aliphatic heterocycles. The number of imidazole rings is 1. The number of fused-ring (bicyclic) bond motifs is 10. The van der Waals surface area contributed by atoms with Crippen molar-refractivity contribution >= 4 is 32.8 Å². The molecule has 0 radical (unpaired) electrons. The van der Waals surface area contributed by atoms with Gasteiger partial charge < -0.3 is 4.74 Å². The number of benzene rings is 10. The molecule has 0 atom stereocenters. The molecule has 364 valence electrons. The Morgan fingerprint density at radius 2 is 1.08 bits per heavy atom. The van der Waals surface area contributed by atoms with Crippen LogP contribution in [0.15, 0.2) is 243 Å². The molecule has 3 aromatic heterocycles. The topological polar surface area (TPSA) is 35.9 Å². The monoisotopic (exact) mass is 986 g/mol. The molecule has 0 N–H and O–H groups in total. The molecule has 10 aromatic carbocycles. The van der Waals surface area contributed by atoms with E-state index in [2.05, 4.69) is 271 Å². The van der Waals surface area contributed by atoms with E-state index in [4.69, 9.17) is 9.72 Å². The van der Waals surface area contributed by atoms with E-state index in [9.17, 15) is 0 Å². The summed E-state index contributed by atoms with van der Waals surface area (Å²) in [7, 11) is 0. The number of aromatic nitrogens is 4. The van der Waals surface area contributed by atoms with Crippen molar-refractivity contribution in [2.24, 2.45) is 0 Å². The SMILES string of the molecule is CC(C)(C)c1ccnc(-n2c3ccccc3c3ccc(Oc4cccc(-n5[c-][n+]6c7c(cccc75)-c5ccc(C78c9ccccc9C(c9ccccc97)c7ccccc78)cc5-c5ccccc5-c5ccccc5-6)c4)cc32)c1. The third-order valence-corrected chi connectivity index (χ3v) is 16.9. The summed E-state index contributed by atoms with van der Waals surface area (Å²) < 4.78 is 13.6. The summed E-state index contributed by atoms with van der Waals surface area (Å²) in [6.07, 6.45) is 5.84. The van der Waals surface area contributed by atoms with Crippen molar-refractivity contribution in [1.82, 2.24) is 14.1 Å². The lowest BCUT2D eigenvalue weighted by Gasteiger charge is -2.51. The molecule has 4 heterocycles. The Morgan fingerprint density at radius 1 is 0.481 bits per heavy atom. The van der Waals surface area contributed by atoms with Crippen molar-refractivity contribution in [3.8, 4) is 62.1 Å². The van der Waals surface area contributed by atoms with Crippen LogP contribution >= 0.6 is 0 Å². The summed E-state index contributed by atoms with van der Waals surface area (Å²) in [5.74, 6) is 2.54. The number of ether oxygens (including phenoxy) is 1. The van der Waals surface area contributed by atoms with E-state index in [0.29, 0.717) is 0 Å². The Morgan fingerprint density at radius 3 is 1.83 bits per heavy atom. The van der Waals surface area contributed by atoms with Gasteiger partial charge in [0.1, 0.15) is 17.3 Å². The van der Waals surface area contributed by atoms with E-state index in [1.54, 1.807) is 0 Å². The minimum absolute atomic E-state index is 0.0260.